The van der Waals surface area contributed by atoms with Crippen LogP contribution in [0.4, 0.5) is 0 Å². The Hall–Kier alpha value is -1.72. The minimum absolute atomic E-state index is 0.0390. The van der Waals surface area contributed by atoms with Crippen LogP contribution in [-0.2, 0) is 16.6 Å². The monoisotopic (exact) mass is 396 g/mol. The van der Waals surface area contributed by atoms with E-state index in [2.05, 4.69) is 43.1 Å². The molecule has 1 spiro atoms. The molecule has 1 aromatic heterocycles. The first-order chi connectivity index (χ1) is 13.4. The Morgan fingerprint density at radius 1 is 1.21 bits per heavy atom. The van der Waals surface area contributed by atoms with Crippen LogP contribution in [0.25, 0.3) is 11.3 Å². The summed E-state index contributed by atoms with van der Waals surface area (Å²) in [7, 11) is 0. The molecule has 1 atom stereocenters. The summed E-state index contributed by atoms with van der Waals surface area (Å²) in [5.74, 6) is 0. The second-order valence-corrected chi connectivity index (χ2v) is 9.82. The number of benzene rings is 1. The lowest BCUT2D eigenvalue weighted by Gasteiger charge is -2.39. The molecule has 2 aromatic rings. The van der Waals surface area contributed by atoms with Gasteiger partial charge in [-0.3, -0.25) is 9.36 Å². The van der Waals surface area contributed by atoms with Crippen molar-refractivity contribution in [3.8, 4) is 11.3 Å². The van der Waals surface area contributed by atoms with Gasteiger partial charge in [-0.15, -0.1) is 0 Å². The molecule has 2 fully saturated rings. The van der Waals surface area contributed by atoms with Gasteiger partial charge in [-0.05, 0) is 63.7 Å². The Morgan fingerprint density at radius 2 is 1.96 bits per heavy atom. The lowest BCUT2D eigenvalue weighted by molar-refractivity contribution is -0.0699. The summed E-state index contributed by atoms with van der Waals surface area (Å²) in [6, 6.07) is 8.59. The standard InChI is InChI=1S/C23H28N2O2S/c1-22(2)14-16(9-12-27-22)25-20(26)18-19(24-21(25)28)17-8-4-3-7-15(17)13-23(18)10-5-6-11-23/h3-4,7-8,16H,5-6,9-14H2,1-2H3,(H,24,28)/t16-/m1/s1. The lowest BCUT2D eigenvalue weighted by Crippen LogP contribution is -2.44. The number of fused-ring (bicyclic) bond motifs is 4. The summed E-state index contributed by atoms with van der Waals surface area (Å²) in [6.07, 6.45) is 7.19. The molecule has 0 radical (unpaired) electrons. The number of ether oxygens (including phenoxy) is 1. The molecule has 5 heteroatoms. The average Bonchev–Trinajstić information content (AvgIpc) is 3.09. The number of rotatable bonds is 1. The van der Waals surface area contributed by atoms with Crippen molar-refractivity contribution >= 4 is 12.2 Å². The number of nitrogens with zero attached hydrogens (tertiary/aromatic N) is 1. The van der Waals surface area contributed by atoms with Crippen molar-refractivity contribution in [3.63, 3.8) is 0 Å². The molecule has 0 bridgehead atoms. The molecule has 4 nitrogen and oxygen atoms in total. The molecule has 1 aromatic carbocycles. The fourth-order valence-electron chi connectivity index (χ4n) is 5.84. The van der Waals surface area contributed by atoms with E-state index in [1.165, 1.54) is 18.4 Å². The maximum Gasteiger partial charge on any atom is 0.258 e. The maximum atomic E-state index is 14.0. The molecular formula is C23H28N2O2S. The summed E-state index contributed by atoms with van der Waals surface area (Å²) < 4.78 is 8.32. The predicted octanol–water partition coefficient (Wildman–Crippen LogP) is 5.07. The second-order valence-electron chi connectivity index (χ2n) is 9.43. The van der Waals surface area contributed by atoms with E-state index in [0.717, 1.165) is 48.9 Å². The quantitative estimate of drug-likeness (QED) is 0.685. The van der Waals surface area contributed by atoms with Gasteiger partial charge in [-0.25, -0.2) is 0 Å². The minimum atomic E-state index is -0.225. The Labute approximate surface area is 170 Å². The van der Waals surface area contributed by atoms with Crippen LogP contribution < -0.4 is 5.56 Å². The summed E-state index contributed by atoms with van der Waals surface area (Å²) in [5, 5.41) is 0. The third-order valence-corrected chi connectivity index (χ3v) is 7.37. The molecule has 2 aliphatic carbocycles. The number of aromatic amines is 1. The molecule has 2 heterocycles. The van der Waals surface area contributed by atoms with E-state index in [4.69, 9.17) is 17.0 Å². The summed E-state index contributed by atoms with van der Waals surface area (Å²) in [6.45, 7) is 4.87. The molecule has 1 aliphatic heterocycles. The van der Waals surface area contributed by atoms with E-state index < -0.39 is 0 Å². The van der Waals surface area contributed by atoms with Crippen molar-refractivity contribution in [2.45, 2.75) is 75.9 Å². The number of hydrogen-bond acceptors (Lipinski definition) is 3. The van der Waals surface area contributed by atoms with Crippen LogP contribution in [0.5, 0.6) is 0 Å². The molecule has 1 saturated carbocycles. The summed E-state index contributed by atoms with van der Waals surface area (Å²) >= 11 is 5.74. The van der Waals surface area contributed by atoms with E-state index >= 15 is 0 Å². The number of H-pyrrole nitrogens is 1. The topological polar surface area (TPSA) is 47.0 Å². The third-order valence-electron chi connectivity index (χ3n) is 7.08. The van der Waals surface area contributed by atoms with E-state index in [1.807, 2.05) is 4.57 Å². The maximum absolute atomic E-state index is 14.0. The van der Waals surface area contributed by atoms with E-state index in [1.54, 1.807) is 0 Å². The van der Waals surface area contributed by atoms with Crippen LogP contribution in [0, 0.1) is 4.77 Å². The molecule has 148 valence electrons. The molecule has 1 saturated heterocycles. The first kappa shape index (κ1) is 18.3. The van der Waals surface area contributed by atoms with Crippen molar-refractivity contribution in [3.05, 3.63) is 50.5 Å². The van der Waals surface area contributed by atoms with Gasteiger partial charge in [-0.1, -0.05) is 37.1 Å². The Morgan fingerprint density at radius 3 is 2.71 bits per heavy atom. The Balaban J connectivity index is 1.75. The summed E-state index contributed by atoms with van der Waals surface area (Å²) in [5.41, 5.74) is 4.32. The zero-order valence-electron chi connectivity index (χ0n) is 16.7. The van der Waals surface area contributed by atoms with E-state index in [-0.39, 0.29) is 22.6 Å². The zero-order chi connectivity index (χ0) is 19.5. The van der Waals surface area contributed by atoms with Crippen LogP contribution in [0.3, 0.4) is 0 Å². The second kappa shape index (κ2) is 6.39. The number of aromatic nitrogens is 2. The lowest BCUT2D eigenvalue weighted by atomic mass is 9.68. The van der Waals surface area contributed by atoms with Crippen molar-refractivity contribution in [2.75, 3.05) is 6.61 Å². The smallest absolute Gasteiger partial charge is 0.258 e. The van der Waals surface area contributed by atoms with Gasteiger partial charge in [0.2, 0.25) is 0 Å². The molecule has 0 amide bonds. The van der Waals surface area contributed by atoms with Crippen LogP contribution >= 0.6 is 12.2 Å². The molecule has 5 rings (SSSR count). The van der Waals surface area contributed by atoms with Gasteiger partial charge in [0.25, 0.3) is 5.56 Å². The highest BCUT2D eigenvalue weighted by atomic mass is 32.1. The van der Waals surface area contributed by atoms with Gasteiger partial charge >= 0.3 is 0 Å². The highest BCUT2D eigenvalue weighted by Crippen LogP contribution is 2.49. The molecule has 3 aliphatic rings. The summed E-state index contributed by atoms with van der Waals surface area (Å²) in [4.78, 5) is 17.5. The van der Waals surface area contributed by atoms with Crippen molar-refractivity contribution in [1.82, 2.24) is 9.55 Å². The van der Waals surface area contributed by atoms with Crippen LogP contribution in [0.2, 0.25) is 0 Å². The largest absolute Gasteiger partial charge is 0.375 e. The minimum Gasteiger partial charge on any atom is -0.375 e. The Kier molecular flexibility index (Phi) is 4.18. The molecule has 1 N–H and O–H groups in total. The molecular weight excluding hydrogens is 368 g/mol. The van der Waals surface area contributed by atoms with Crippen molar-refractivity contribution < 1.29 is 4.74 Å². The van der Waals surface area contributed by atoms with Crippen LogP contribution in [0.15, 0.2) is 29.1 Å². The number of hydrogen-bond donors (Lipinski definition) is 1. The van der Waals surface area contributed by atoms with Gasteiger partial charge in [-0.2, -0.15) is 0 Å². The van der Waals surface area contributed by atoms with Crippen LogP contribution in [-0.4, -0.2) is 21.8 Å². The average molecular weight is 397 g/mol. The molecule has 0 unspecified atom stereocenters. The van der Waals surface area contributed by atoms with Gasteiger partial charge in [0.05, 0.1) is 11.3 Å². The normalized spacial score (nSPS) is 24.7. The first-order valence-corrected chi connectivity index (χ1v) is 10.9. The highest BCUT2D eigenvalue weighted by molar-refractivity contribution is 7.71. The number of nitrogens with one attached hydrogen (secondary N) is 1. The predicted molar refractivity (Wildman–Crippen MR) is 113 cm³/mol. The van der Waals surface area contributed by atoms with E-state index in [0.29, 0.717) is 11.4 Å². The zero-order valence-corrected chi connectivity index (χ0v) is 17.5. The third kappa shape index (κ3) is 2.74. The van der Waals surface area contributed by atoms with Crippen molar-refractivity contribution in [2.24, 2.45) is 0 Å². The van der Waals surface area contributed by atoms with Crippen molar-refractivity contribution in [1.29, 1.82) is 0 Å². The SMILES string of the molecule is CC1(C)C[C@H](n2c(=S)[nH]c3c(c2=O)C2(CCCC2)Cc2ccccc2-3)CCO1. The fraction of sp³-hybridized carbons (Fsp3) is 0.565. The highest BCUT2D eigenvalue weighted by Gasteiger charge is 2.44. The van der Waals surface area contributed by atoms with Gasteiger partial charge < -0.3 is 9.72 Å². The van der Waals surface area contributed by atoms with Gasteiger partial charge in [0.1, 0.15) is 0 Å². The van der Waals surface area contributed by atoms with E-state index in [9.17, 15) is 4.79 Å². The Bertz CT molecular complexity index is 1040. The first-order valence-electron chi connectivity index (χ1n) is 10.5. The van der Waals surface area contributed by atoms with Gasteiger partial charge in [0.15, 0.2) is 4.77 Å². The fourth-order valence-corrected chi connectivity index (χ4v) is 6.18. The van der Waals surface area contributed by atoms with Crippen LogP contribution in [0.1, 0.15) is 69.5 Å². The molecule has 28 heavy (non-hydrogen) atoms. The van der Waals surface area contributed by atoms with Gasteiger partial charge in [0, 0.05) is 29.2 Å².